The fraction of sp³-hybridized carbons (Fsp3) is 0.263. The monoisotopic (exact) mass is 372 g/mol. The van der Waals surface area contributed by atoms with Crippen LogP contribution in [0.15, 0.2) is 42.5 Å². The molecule has 4 rings (SSSR count). The van der Waals surface area contributed by atoms with E-state index >= 15 is 0 Å². The minimum Gasteiger partial charge on any atom is -0.467 e. The maximum absolute atomic E-state index is 12.9. The van der Waals surface area contributed by atoms with Gasteiger partial charge in [0.25, 0.3) is 5.91 Å². The van der Waals surface area contributed by atoms with Gasteiger partial charge >= 0.3 is 6.03 Å². The SMILES string of the molecule is C[C@@H]1C(=O)N(Cc2cc(Cl)cc3c2OCOC3)C(=O)N1c1ccccc1. The number of amides is 3. The highest BCUT2D eigenvalue weighted by Crippen LogP contribution is 2.34. The largest absolute Gasteiger partial charge is 0.467 e. The van der Waals surface area contributed by atoms with Gasteiger partial charge in [0.1, 0.15) is 11.8 Å². The van der Waals surface area contributed by atoms with Gasteiger partial charge in [-0.15, -0.1) is 0 Å². The first-order valence-corrected chi connectivity index (χ1v) is 8.65. The zero-order valence-corrected chi connectivity index (χ0v) is 14.9. The Kier molecular flexibility index (Phi) is 4.30. The number of fused-ring (bicyclic) bond motifs is 1. The molecule has 0 unspecified atom stereocenters. The second-order valence-electron chi connectivity index (χ2n) is 6.25. The molecule has 26 heavy (non-hydrogen) atoms. The molecule has 0 aliphatic carbocycles. The van der Waals surface area contributed by atoms with Crippen molar-refractivity contribution in [1.29, 1.82) is 0 Å². The van der Waals surface area contributed by atoms with E-state index in [9.17, 15) is 9.59 Å². The maximum Gasteiger partial charge on any atom is 0.332 e. The van der Waals surface area contributed by atoms with Crippen LogP contribution in [0.2, 0.25) is 5.02 Å². The molecule has 1 fully saturated rings. The van der Waals surface area contributed by atoms with Gasteiger partial charge in [0, 0.05) is 21.8 Å². The van der Waals surface area contributed by atoms with Crippen LogP contribution in [-0.2, 0) is 22.7 Å². The molecule has 1 atom stereocenters. The fourth-order valence-electron chi connectivity index (χ4n) is 3.34. The van der Waals surface area contributed by atoms with Crippen LogP contribution < -0.4 is 9.64 Å². The summed E-state index contributed by atoms with van der Waals surface area (Å²) in [6, 6.07) is 11.7. The number of ether oxygens (including phenoxy) is 2. The number of urea groups is 1. The molecule has 0 saturated carbocycles. The van der Waals surface area contributed by atoms with Crippen molar-refractivity contribution in [3.05, 3.63) is 58.6 Å². The standard InChI is InChI=1S/C19H17ClN2O4/c1-12-18(23)21(19(24)22(12)16-5-3-2-4-6-16)9-13-7-15(20)8-14-10-25-11-26-17(13)14/h2-8,12H,9-11H2,1H3/t12-/m1/s1. The Morgan fingerprint density at radius 3 is 2.73 bits per heavy atom. The minimum absolute atomic E-state index is 0.105. The molecule has 0 aromatic heterocycles. The van der Waals surface area contributed by atoms with Crippen LogP contribution >= 0.6 is 11.6 Å². The predicted molar refractivity (Wildman–Crippen MR) is 96.1 cm³/mol. The lowest BCUT2D eigenvalue weighted by Crippen LogP contribution is -2.33. The highest BCUT2D eigenvalue weighted by atomic mass is 35.5. The molecule has 0 bridgehead atoms. The second kappa shape index (κ2) is 6.63. The lowest BCUT2D eigenvalue weighted by atomic mass is 10.1. The second-order valence-corrected chi connectivity index (χ2v) is 6.69. The van der Waals surface area contributed by atoms with Crippen molar-refractivity contribution in [1.82, 2.24) is 4.90 Å². The van der Waals surface area contributed by atoms with E-state index in [0.29, 0.717) is 28.6 Å². The van der Waals surface area contributed by atoms with Gasteiger partial charge in [0.2, 0.25) is 0 Å². The highest BCUT2D eigenvalue weighted by Gasteiger charge is 2.43. The fourth-order valence-corrected chi connectivity index (χ4v) is 3.60. The first-order valence-electron chi connectivity index (χ1n) is 8.27. The third kappa shape index (κ3) is 2.81. The number of carbonyl (C=O) groups is 2. The number of hydrogen-bond donors (Lipinski definition) is 0. The summed E-state index contributed by atoms with van der Waals surface area (Å²) in [4.78, 5) is 28.4. The van der Waals surface area contributed by atoms with Gasteiger partial charge in [0.15, 0.2) is 6.79 Å². The van der Waals surface area contributed by atoms with Crippen molar-refractivity contribution in [3.63, 3.8) is 0 Å². The minimum atomic E-state index is -0.566. The van der Waals surface area contributed by atoms with E-state index in [4.69, 9.17) is 21.1 Å². The van der Waals surface area contributed by atoms with Crippen molar-refractivity contribution < 1.29 is 19.1 Å². The van der Waals surface area contributed by atoms with E-state index in [1.165, 1.54) is 9.80 Å². The summed E-state index contributed by atoms with van der Waals surface area (Å²) < 4.78 is 10.9. The number of rotatable bonds is 3. The number of anilines is 1. The molecule has 0 radical (unpaired) electrons. The molecule has 134 valence electrons. The molecule has 2 heterocycles. The summed E-state index contributed by atoms with van der Waals surface area (Å²) >= 11 is 6.18. The molecule has 2 aliphatic heterocycles. The third-order valence-corrected chi connectivity index (χ3v) is 4.78. The molecule has 0 spiro atoms. The molecule has 2 aromatic rings. The number of halogens is 1. The number of para-hydroxylation sites is 1. The summed E-state index contributed by atoms with van der Waals surface area (Å²) in [6.45, 7) is 2.35. The molecule has 6 nitrogen and oxygen atoms in total. The summed E-state index contributed by atoms with van der Waals surface area (Å²) in [5.41, 5.74) is 2.20. The summed E-state index contributed by atoms with van der Waals surface area (Å²) in [7, 11) is 0. The molecule has 2 aliphatic rings. The van der Waals surface area contributed by atoms with Gasteiger partial charge in [-0.3, -0.25) is 14.6 Å². The van der Waals surface area contributed by atoms with Crippen LogP contribution in [0, 0.1) is 0 Å². The quantitative estimate of drug-likeness (QED) is 0.773. The molecule has 2 aromatic carbocycles. The van der Waals surface area contributed by atoms with Gasteiger partial charge < -0.3 is 9.47 Å². The topological polar surface area (TPSA) is 59.1 Å². The van der Waals surface area contributed by atoms with Crippen LogP contribution in [0.25, 0.3) is 0 Å². The number of benzene rings is 2. The van der Waals surface area contributed by atoms with E-state index in [1.807, 2.05) is 30.3 Å². The first kappa shape index (κ1) is 16.9. The van der Waals surface area contributed by atoms with Gasteiger partial charge in [-0.1, -0.05) is 29.8 Å². The van der Waals surface area contributed by atoms with E-state index in [1.54, 1.807) is 19.1 Å². The number of nitrogens with zero attached hydrogens (tertiary/aromatic N) is 2. The third-order valence-electron chi connectivity index (χ3n) is 4.56. The maximum atomic E-state index is 12.9. The van der Waals surface area contributed by atoms with E-state index in [2.05, 4.69) is 0 Å². The van der Waals surface area contributed by atoms with Crippen molar-refractivity contribution in [3.8, 4) is 5.75 Å². The smallest absolute Gasteiger partial charge is 0.332 e. The van der Waals surface area contributed by atoms with Crippen LogP contribution in [-0.4, -0.2) is 29.7 Å². The van der Waals surface area contributed by atoms with Crippen molar-refractivity contribution in [2.75, 3.05) is 11.7 Å². The molecule has 0 N–H and O–H groups in total. The molecule has 7 heteroatoms. The highest BCUT2D eigenvalue weighted by molar-refractivity contribution is 6.30. The van der Waals surface area contributed by atoms with Crippen molar-refractivity contribution in [2.45, 2.75) is 26.1 Å². The van der Waals surface area contributed by atoms with Crippen LogP contribution in [0.3, 0.4) is 0 Å². The Morgan fingerprint density at radius 1 is 1.19 bits per heavy atom. The zero-order chi connectivity index (χ0) is 18.3. The molecular weight excluding hydrogens is 356 g/mol. The Hall–Kier alpha value is -2.57. The van der Waals surface area contributed by atoms with E-state index in [0.717, 1.165) is 5.56 Å². The Morgan fingerprint density at radius 2 is 1.96 bits per heavy atom. The van der Waals surface area contributed by atoms with Crippen LogP contribution in [0.1, 0.15) is 18.1 Å². The van der Waals surface area contributed by atoms with Gasteiger partial charge in [-0.25, -0.2) is 4.79 Å². The molecule has 3 amide bonds. The normalized spacial score (nSPS) is 19.5. The lowest BCUT2D eigenvalue weighted by Gasteiger charge is -2.23. The average Bonchev–Trinajstić information content (AvgIpc) is 2.85. The van der Waals surface area contributed by atoms with Crippen molar-refractivity contribution in [2.24, 2.45) is 0 Å². The first-order chi connectivity index (χ1) is 12.6. The van der Waals surface area contributed by atoms with Gasteiger partial charge in [-0.2, -0.15) is 0 Å². The predicted octanol–water partition coefficient (Wildman–Crippen LogP) is 3.56. The number of carbonyl (C=O) groups excluding carboxylic acids is 2. The average molecular weight is 373 g/mol. The van der Waals surface area contributed by atoms with Crippen LogP contribution in [0.4, 0.5) is 10.5 Å². The zero-order valence-electron chi connectivity index (χ0n) is 14.1. The van der Waals surface area contributed by atoms with E-state index < -0.39 is 6.04 Å². The number of imide groups is 1. The Balaban J connectivity index is 1.66. The van der Waals surface area contributed by atoms with E-state index in [-0.39, 0.29) is 25.3 Å². The summed E-state index contributed by atoms with van der Waals surface area (Å²) in [5.74, 6) is 0.381. The molecular formula is C19H17ClN2O4. The van der Waals surface area contributed by atoms with Crippen LogP contribution in [0.5, 0.6) is 5.75 Å². The lowest BCUT2D eigenvalue weighted by molar-refractivity contribution is -0.127. The van der Waals surface area contributed by atoms with Gasteiger partial charge in [0.05, 0.1) is 13.2 Å². The van der Waals surface area contributed by atoms with Gasteiger partial charge in [-0.05, 0) is 31.2 Å². The summed E-state index contributed by atoms with van der Waals surface area (Å²) in [6.07, 6.45) is 0. The summed E-state index contributed by atoms with van der Waals surface area (Å²) in [5, 5.41) is 0.514. The molecule has 1 saturated heterocycles. The van der Waals surface area contributed by atoms with Crippen molar-refractivity contribution >= 4 is 29.2 Å². The Bertz CT molecular complexity index is 871. The Labute approximate surface area is 155 Å². The number of hydrogen-bond acceptors (Lipinski definition) is 4.